The van der Waals surface area contributed by atoms with Crippen molar-refractivity contribution in [3.63, 3.8) is 0 Å². The van der Waals surface area contributed by atoms with Gasteiger partial charge in [0, 0.05) is 12.8 Å². The third-order valence-corrected chi connectivity index (χ3v) is 3.87. The Hall–Kier alpha value is 0.270. The van der Waals surface area contributed by atoms with Crippen LogP contribution in [0.4, 0.5) is 0 Å². The Balaban J connectivity index is 1.71. The summed E-state index contributed by atoms with van der Waals surface area (Å²) in [5.41, 5.74) is 0.696. The SMILES string of the molecule is CSOCC1CC2(CCN(C)C2)C1. The predicted molar refractivity (Wildman–Crippen MR) is 56.7 cm³/mol. The number of hydrogen-bond donors (Lipinski definition) is 0. The molecule has 0 aromatic heterocycles. The van der Waals surface area contributed by atoms with Gasteiger partial charge in [0.05, 0.1) is 6.61 Å². The van der Waals surface area contributed by atoms with Crippen molar-refractivity contribution in [1.29, 1.82) is 0 Å². The second kappa shape index (κ2) is 3.79. The molecule has 0 unspecified atom stereocenters. The van der Waals surface area contributed by atoms with Crippen molar-refractivity contribution < 1.29 is 4.18 Å². The lowest BCUT2D eigenvalue weighted by atomic mass is 9.62. The summed E-state index contributed by atoms with van der Waals surface area (Å²) in [4.78, 5) is 2.46. The molecule has 0 aromatic carbocycles. The minimum absolute atomic E-state index is 0.696. The van der Waals surface area contributed by atoms with Crippen molar-refractivity contribution in [3.8, 4) is 0 Å². The van der Waals surface area contributed by atoms with Crippen LogP contribution in [0.25, 0.3) is 0 Å². The van der Waals surface area contributed by atoms with E-state index < -0.39 is 0 Å². The van der Waals surface area contributed by atoms with E-state index in [2.05, 4.69) is 11.9 Å². The number of rotatable bonds is 3. The van der Waals surface area contributed by atoms with Crippen molar-refractivity contribution in [2.75, 3.05) is 33.0 Å². The van der Waals surface area contributed by atoms with E-state index in [-0.39, 0.29) is 0 Å². The molecule has 2 rings (SSSR count). The first-order valence-corrected chi connectivity index (χ1v) is 6.23. The van der Waals surface area contributed by atoms with E-state index in [0.29, 0.717) is 5.41 Å². The van der Waals surface area contributed by atoms with E-state index in [9.17, 15) is 0 Å². The van der Waals surface area contributed by atoms with Crippen LogP contribution in [0.15, 0.2) is 0 Å². The molecule has 1 aliphatic carbocycles. The van der Waals surface area contributed by atoms with Crippen LogP contribution in [0.1, 0.15) is 19.3 Å². The van der Waals surface area contributed by atoms with E-state index in [1.54, 1.807) is 0 Å². The highest BCUT2D eigenvalue weighted by atomic mass is 32.2. The first-order chi connectivity index (χ1) is 6.24. The fourth-order valence-electron chi connectivity index (χ4n) is 2.94. The van der Waals surface area contributed by atoms with Crippen molar-refractivity contribution in [3.05, 3.63) is 0 Å². The van der Waals surface area contributed by atoms with Gasteiger partial charge in [-0.25, -0.2) is 0 Å². The van der Waals surface area contributed by atoms with Crippen molar-refractivity contribution in [1.82, 2.24) is 4.90 Å². The van der Waals surface area contributed by atoms with E-state index in [1.807, 2.05) is 6.26 Å². The lowest BCUT2D eigenvalue weighted by Gasteiger charge is -2.45. The van der Waals surface area contributed by atoms with Crippen LogP contribution in [0.2, 0.25) is 0 Å². The Morgan fingerprint density at radius 2 is 2.31 bits per heavy atom. The highest BCUT2D eigenvalue weighted by Crippen LogP contribution is 2.51. The normalized spacial score (nSPS) is 39.7. The second-order valence-corrected chi connectivity index (χ2v) is 5.28. The maximum absolute atomic E-state index is 5.37. The topological polar surface area (TPSA) is 12.5 Å². The summed E-state index contributed by atoms with van der Waals surface area (Å²) < 4.78 is 5.37. The van der Waals surface area contributed by atoms with Gasteiger partial charge in [-0.3, -0.25) is 0 Å². The second-order valence-electron chi connectivity index (χ2n) is 4.71. The Morgan fingerprint density at radius 1 is 1.54 bits per heavy atom. The first kappa shape index (κ1) is 9.81. The molecule has 0 amide bonds. The van der Waals surface area contributed by atoms with Gasteiger partial charge in [-0.2, -0.15) is 0 Å². The fourth-order valence-corrected chi connectivity index (χ4v) is 3.27. The van der Waals surface area contributed by atoms with Crippen molar-refractivity contribution >= 4 is 12.0 Å². The molecule has 0 atom stereocenters. The summed E-state index contributed by atoms with van der Waals surface area (Å²) >= 11 is 1.50. The molecule has 1 saturated carbocycles. The summed E-state index contributed by atoms with van der Waals surface area (Å²) in [5.74, 6) is 0.846. The van der Waals surface area contributed by atoms with Gasteiger partial charge in [-0.1, -0.05) is 0 Å². The molecule has 1 saturated heterocycles. The molecule has 2 fully saturated rings. The largest absolute Gasteiger partial charge is 0.315 e. The van der Waals surface area contributed by atoms with Gasteiger partial charge in [-0.15, -0.1) is 0 Å². The Bertz CT molecular complexity index is 180. The lowest BCUT2D eigenvalue weighted by molar-refractivity contribution is 0.0385. The predicted octanol–water partition coefficient (Wildman–Crippen LogP) is 2.01. The molecule has 0 aromatic rings. The fraction of sp³-hybridized carbons (Fsp3) is 1.00. The van der Waals surface area contributed by atoms with E-state index in [4.69, 9.17) is 4.18 Å². The van der Waals surface area contributed by atoms with Gasteiger partial charge in [0.1, 0.15) is 0 Å². The van der Waals surface area contributed by atoms with Gasteiger partial charge in [0.25, 0.3) is 0 Å². The molecular weight excluding hydrogens is 182 g/mol. The smallest absolute Gasteiger partial charge is 0.0642 e. The summed E-state index contributed by atoms with van der Waals surface area (Å²) in [6, 6.07) is 0. The minimum Gasteiger partial charge on any atom is -0.315 e. The van der Waals surface area contributed by atoms with Crippen molar-refractivity contribution in [2.24, 2.45) is 11.3 Å². The summed E-state index contributed by atoms with van der Waals surface area (Å²) in [6.07, 6.45) is 6.22. The van der Waals surface area contributed by atoms with Gasteiger partial charge in [0.15, 0.2) is 0 Å². The average molecular weight is 201 g/mol. The number of likely N-dealkylation sites (tertiary alicyclic amines) is 1. The van der Waals surface area contributed by atoms with Gasteiger partial charge in [-0.05, 0) is 56.2 Å². The minimum atomic E-state index is 0.696. The molecule has 76 valence electrons. The quantitative estimate of drug-likeness (QED) is 0.648. The zero-order chi connectivity index (χ0) is 9.31. The van der Waals surface area contributed by atoms with Crippen LogP contribution >= 0.6 is 12.0 Å². The van der Waals surface area contributed by atoms with E-state index in [1.165, 1.54) is 44.4 Å². The van der Waals surface area contributed by atoms with Crippen LogP contribution in [-0.2, 0) is 4.18 Å². The third kappa shape index (κ3) is 2.03. The molecule has 0 radical (unpaired) electrons. The molecule has 1 aliphatic heterocycles. The average Bonchev–Trinajstić information content (AvgIpc) is 2.42. The molecule has 1 spiro atoms. The summed E-state index contributed by atoms with van der Waals surface area (Å²) in [5, 5.41) is 0. The van der Waals surface area contributed by atoms with Gasteiger partial charge >= 0.3 is 0 Å². The maximum atomic E-state index is 5.37. The molecule has 0 bridgehead atoms. The zero-order valence-corrected chi connectivity index (χ0v) is 9.40. The first-order valence-electron chi connectivity index (χ1n) is 5.08. The van der Waals surface area contributed by atoms with Crippen LogP contribution in [0.5, 0.6) is 0 Å². The highest BCUT2D eigenvalue weighted by molar-refractivity contribution is 7.93. The lowest BCUT2D eigenvalue weighted by Crippen LogP contribution is -2.40. The van der Waals surface area contributed by atoms with E-state index in [0.717, 1.165) is 12.5 Å². The van der Waals surface area contributed by atoms with Crippen molar-refractivity contribution in [2.45, 2.75) is 19.3 Å². The standard InChI is InChI=1S/C10H19NOS/c1-11-4-3-10(8-11)5-9(6-10)7-12-13-2/h9H,3-8H2,1-2H3. The number of hydrogen-bond acceptors (Lipinski definition) is 3. The van der Waals surface area contributed by atoms with Gasteiger partial charge in [0.2, 0.25) is 0 Å². The Kier molecular flexibility index (Phi) is 2.86. The van der Waals surface area contributed by atoms with Crippen LogP contribution < -0.4 is 0 Å². The monoisotopic (exact) mass is 201 g/mol. The molecule has 2 nitrogen and oxygen atoms in total. The molecular formula is C10H19NOS. The molecule has 3 heteroatoms. The Labute approximate surface area is 85.2 Å². The highest BCUT2D eigenvalue weighted by Gasteiger charge is 2.47. The molecule has 2 aliphatic rings. The molecule has 1 heterocycles. The number of nitrogens with zero attached hydrogens (tertiary/aromatic N) is 1. The van der Waals surface area contributed by atoms with Crippen LogP contribution in [-0.4, -0.2) is 37.9 Å². The maximum Gasteiger partial charge on any atom is 0.0642 e. The zero-order valence-electron chi connectivity index (χ0n) is 8.58. The summed E-state index contributed by atoms with van der Waals surface area (Å²) in [7, 11) is 2.24. The summed E-state index contributed by atoms with van der Waals surface area (Å²) in [6.45, 7) is 3.59. The molecule has 13 heavy (non-hydrogen) atoms. The third-order valence-electron chi connectivity index (χ3n) is 3.49. The van der Waals surface area contributed by atoms with Crippen LogP contribution in [0, 0.1) is 11.3 Å². The Morgan fingerprint density at radius 3 is 2.85 bits per heavy atom. The van der Waals surface area contributed by atoms with Gasteiger partial charge < -0.3 is 9.08 Å². The van der Waals surface area contributed by atoms with E-state index >= 15 is 0 Å². The molecule has 0 N–H and O–H groups in total. The van der Waals surface area contributed by atoms with Crippen LogP contribution in [0.3, 0.4) is 0 Å².